The highest BCUT2D eigenvalue weighted by Crippen LogP contribution is 2.41. The van der Waals surface area contributed by atoms with Crippen molar-refractivity contribution in [3.05, 3.63) is 226 Å². The SMILES string of the molecule is Cc1ccc(C2CC(c3ccc(-c4ccc(C5=NN(c6ccc(-c7nc8cc(C(C)(C)C)ccc8o7)cc6)C(c6ccc(C)cc6)C5)cc4)cc3)=NN2c2ccc(-c3nc4cc(C(C)(C)C)ccc4o3)cc2)cc1. The third-order valence-corrected chi connectivity index (χ3v) is 14.8. The molecule has 0 fully saturated rings. The zero-order valence-corrected chi connectivity index (χ0v) is 43.4. The second kappa shape index (κ2) is 18.3. The Morgan fingerprint density at radius 3 is 1.08 bits per heavy atom. The monoisotopic (exact) mass is 968 g/mol. The van der Waals surface area contributed by atoms with Crippen LogP contribution >= 0.6 is 0 Å². The fraction of sp³-hybridized carbons (Fsp3) is 0.212. The maximum absolute atomic E-state index is 6.24. The Labute approximate surface area is 433 Å². The Hall–Kier alpha value is -8.36. The fourth-order valence-electron chi connectivity index (χ4n) is 10.2. The predicted octanol–water partition coefficient (Wildman–Crippen LogP) is 16.9. The zero-order chi connectivity index (χ0) is 50.9. The van der Waals surface area contributed by atoms with E-state index >= 15 is 0 Å². The molecule has 0 N–H and O–H groups in total. The van der Waals surface area contributed by atoms with Crippen molar-refractivity contribution >= 4 is 45.0 Å². The lowest BCUT2D eigenvalue weighted by molar-refractivity contribution is 0.589. The fourth-order valence-corrected chi connectivity index (χ4v) is 10.2. The van der Waals surface area contributed by atoms with Crippen LogP contribution in [0.3, 0.4) is 0 Å². The van der Waals surface area contributed by atoms with Gasteiger partial charge in [0.2, 0.25) is 11.8 Å². The first kappa shape index (κ1) is 46.7. The van der Waals surface area contributed by atoms with E-state index in [4.69, 9.17) is 29.0 Å². The second-order valence-electron chi connectivity index (χ2n) is 22.2. The van der Waals surface area contributed by atoms with E-state index in [1.807, 2.05) is 12.1 Å². The third-order valence-electron chi connectivity index (χ3n) is 14.8. The lowest BCUT2D eigenvalue weighted by Crippen LogP contribution is -2.18. The molecule has 366 valence electrons. The van der Waals surface area contributed by atoms with Gasteiger partial charge in [0.05, 0.1) is 34.9 Å². The molecule has 10 aromatic rings. The molecule has 0 radical (unpaired) electrons. The molecule has 12 rings (SSSR count). The molecule has 2 unspecified atom stereocenters. The second-order valence-corrected chi connectivity index (χ2v) is 22.2. The Balaban J connectivity index is 0.779. The molecular weight excluding hydrogens is 909 g/mol. The molecule has 2 aliphatic rings. The molecule has 0 spiro atoms. The average Bonchev–Trinajstić information content (AvgIpc) is 4.25. The minimum absolute atomic E-state index is 0.0302. The molecule has 4 heterocycles. The van der Waals surface area contributed by atoms with Crippen LogP contribution in [0.4, 0.5) is 11.4 Å². The molecule has 0 amide bonds. The maximum atomic E-state index is 6.24. The summed E-state index contributed by atoms with van der Waals surface area (Å²) in [6, 6.07) is 64.9. The molecule has 8 nitrogen and oxygen atoms in total. The minimum atomic E-state index is 0.0302. The van der Waals surface area contributed by atoms with Crippen LogP contribution in [0.25, 0.3) is 56.2 Å². The van der Waals surface area contributed by atoms with E-state index in [-0.39, 0.29) is 22.9 Å². The van der Waals surface area contributed by atoms with Gasteiger partial charge in [-0.05, 0) is 142 Å². The smallest absolute Gasteiger partial charge is 0.227 e. The van der Waals surface area contributed by atoms with E-state index in [0.717, 1.165) is 91.2 Å². The average molecular weight is 969 g/mol. The van der Waals surface area contributed by atoms with Crippen molar-refractivity contribution < 1.29 is 8.83 Å². The summed E-state index contributed by atoms with van der Waals surface area (Å²) in [6.07, 6.45) is 1.56. The summed E-state index contributed by atoms with van der Waals surface area (Å²) >= 11 is 0. The molecule has 2 aromatic heterocycles. The molecule has 2 atom stereocenters. The van der Waals surface area contributed by atoms with Crippen LogP contribution in [-0.2, 0) is 10.8 Å². The van der Waals surface area contributed by atoms with Gasteiger partial charge in [-0.15, -0.1) is 0 Å². The van der Waals surface area contributed by atoms with Gasteiger partial charge in [-0.3, -0.25) is 10.0 Å². The van der Waals surface area contributed by atoms with Crippen LogP contribution in [-0.4, -0.2) is 21.4 Å². The van der Waals surface area contributed by atoms with Crippen molar-refractivity contribution in [3.8, 4) is 34.0 Å². The topological polar surface area (TPSA) is 83.3 Å². The van der Waals surface area contributed by atoms with Gasteiger partial charge in [0, 0.05) is 24.0 Å². The molecule has 0 bridgehead atoms. The molecule has 8 aromatic carbocycles. The lowest BCUT2D eigenvalue weighted by Gasteiger charge is -2.24. The zero-order valence-electron chi connectivity index (χ0n) is 43.4. The molecule has 0 saturated heterocycles. The Morgan fingerprint density at radius 2 is 0.730 bits per heavy atom. The summed E-state index contributed by atoms with van der Waals surface area (Å²) in [5.74, 6) is 1.23. The number of benzene rings is 8. The number of rotatable bonds is 9. The van der Waals surface area contributed by atoms with Gasteiger partial charge in [-0.2, -0.15) is 10.2 Å². The summed E-state index contributed by atoms with van der Waals surface area (Å²) < 4.78 is 12.5. The quantitative estimate of drug-likeness (QED) is 0.143. The lowest BCUT2D eigenvalue weighted by atomic mass is 9.87. The molecule has 74 heavy (non-hydrogen) atoms. The summed E-state index contributed by atoms with van der Waals surface area (Å²) in [5.41, 5.74) is 21.3. The van der Waals surface area contributed by atoms with E-state index in [1.165, 1.54) is 33.4 Å². The Bertz CT molecular complexity index is 3490. The van der Waals surface area contributed by atoms with Crippen molar-refractivity contribution in [2.75, 3.05) is 10.0 Å². The van der Waals surface area contributed by atoms with Crippen LogP contribution in [0.2, 0.25) is 0 Å². The van der Waals surface area contributed by atoms with Gasteiger partial charge in [-0.1, -0.05) is 162 Å². The van der Waals surface area contributed by atoms with Crippen LogP contribution < -0.4 is 10.0 Å². The Kier molecular flexibility index (Phi) is 11.5. The third kappa shape index (κ3) is 9.10. The molecular formula is C66H60N6O2. The molecule has 2 aliphatic heterocycles. The summed E-state index contributed by atoms with van der Waals surface area (Å²) in [6.45, 7) is 17.5. The molecule has 8 heteroatoms. The predicted molar refractivity (Wildman–Crippen MR) is 303 cm³/mol. The highest BCUT2D eigenvalue weighted by atomic mass is 16.4. The minimum Gasteiger partial charge on any atom is -0.436 e. The van der Waals surface area contributed by atoms with E-state index in [0.29, 0.717) is 11.8 Å². The summed E-state index contributed by atoms with van der Waals surface area (Å²) in [4.78, 5) is 9.78. The number of aromatic nitrogens is 2. The number of nitrogens with zero attached hydrogens (tertiary/aromatic N) is 6. The first-order chi connectivity index (χ1) is 35.7. The Morgan fingerprint density at radius 1 is 0.392 bits per heavy atom. The van der Waals surface area contributed by atoms with Crippen LogP contribution in [0.5, 0.6) is 0 Å². The van der Waals surface area contributed by atoms with Gasteiger partial charge in [-0.25, -0.2) is 9.97 Å². The van der Waals surface area contributed by atoms with Gasteiger partial charge in [0.25, 0.3) is 0 Å². The highest BCUT2D eigenvalue weighted by molar-refractivity contribution is 6.04. The van der Waals surface area contributed by atoms with E-state index in [1.54, 1.807) is 0 Å². The van der Waals surface area contributed by atoms with Gasteiger partial charge in [0.1, 0.15) is 11.0 Å². The molecule has 0 aliphatic carbocycles. The number of oxazole rings is 2. The van der Waals surface area contributed by atoms with Crippen molar-refractivity contribution in [1.82, 2.24) is 9.97 Å². The van der Waals surface area contributed by atoms with Crippen molar-refractivity contribution in [1.29, 1.82) is 0 Å². The van der Waals surface area contributed by atoms with E-state index in [2.05, 4.69) is 235 Å². The largest absolute Gasteiger partial charge is 0.436 e. The number of hydrazone groups is 2. The summed E-state index contributed by atoms with van der Waals surface area (Å²) in [7, 11) is 0. The maximum Gasteiger partial charge on any atom is 0.227 e. The number of aryl methyl sites for hydroxylation is 2. The summed E-state index contributed by atoms with van der Waals surface area (Å²) in [5, 5.41) is 15.0. The van der Waals surface area contributed by atoms with Crippen LogP contribution in [0.1, 0.15) is 111 Å². The first-order valence-corrected chi connectivity index (χ1v) is 25.8. The van der Waals surface area contributed by atoms with Crippen LogP contribution in [0, 0.1) is 13.8 Å². The highest BCUT2D eigenvalue weighted by Gasteiger charge is 2.32. The standard InChI is InChI=1S/C66H60N6O2/c1-41-9-13-47(14-10-41)59-39-55(69-71(59)53-31-25-49(26-32-53)63-67-57-37-51(65(3,4)5)29-35-61(57)73-63)45-21-17-43(18-22-45)44-19-23-46(24-20-44)56-40-60(48-15-11-42(2)12-16-48)72(70-56)54-33-27-50(28-34-54)64-68-58-38-52(66(6,7)8)30-36-62(58)74-64/h9-38,59-60H,39-40H2,1-8H3. The van der Waals surface area contributed by atoms with E-state index in [9.17, 15) is 0 Å². The normalized spacial score (nSPS) is 16.1. The number of fused-ring (bicyclic) bond motifs is 2. The van der Waals surface area contributed by atoms with Gasteiger partial charge < -0.3 is 8.83 Å². The number of hydrogen-bond acceptors (Lipinski definition) is 8. The van der Waals surface area contributed by atoms with Gasteiger partial charge in [0.15, 0.2) is 11.2 Å². The number of hydrogen-bond donors (Lipinski definition) is 0. The van der Waals surface area contributed by atoms with Crippen LogP contribution in [0.15, 0.2) is 201 Å². The van der Waals surface area contributed by atoms with E-state index < -0.39 is 0 Å². The van der Waals surface area contributed by atoms with Crippen molar-refractivity contribution in [3.63, 3.8) is 0 Å². The first-order valence-electron chi connectivity index (χ1n) is 25.8. The van der Waals surface area contributed by atoms with Crippen molar-refractivity contribution in [2.45, 2.75) is 91.1 Å². The van der Waals surface area contributed by atoms with Gasteiger partial charge >= 0.3 is 0 Å². The number of anilines is 2. The van der Waals surface area contributed by atoms with Crippen molar-refractivity contribution in [2.24, 2.45) is 10.2 Å². The molecule has 0 saturated carbocycles.